The van der Waals surface area contributed by atoms with Crippen LogP contribution in [0.3, 0.4) is 0 Å². The lowest BCUT2D eigenvalue weighted by atomic mass is 9.99. The molecule has 0 saturated carbocycles. The van der Waals surface area contributed by atoms with Gasteiger partial charge in [-0.2, -0.15) is 5.10 Å². The number of amides is 1. The molecular weight excluding hydrogens is 349 g/mol. The Kier molecular flexibility index (Phi) is 4.92. The molecule has 144 valence electrons. The number of carbonyl (C=O) groups excluding carboxylic acids is 1. The SMILES string of the molecule is Cc1nc(C)n(C2CN(C(=O)C(c3ccccc3F)N3CCOCC3)C2)n1. The van der Waals surface area contributed by atoms with Crippen LogP contribution in [0, 0.1) is 19.7 Å². The molecule has 0 N–H and O–H groups in total. The van der Waals surface area contributed by atoms with Crippen molar-refractivity contribution in [1.82, 2.24) is 24.6 Å². The summed E-state index contributed by atoms with van der Waals surface area (Å²) in [6.45, 7) is 7.25. The van der Waals surface area contributed by atoms with E-state index in [9.17, 15) is 9.18 Å². The van der Waals surface area contributed by atoms with E-state index in [4.69, 9.17) is 4.74 Å². The molecule has 4 rings (SSSR count). The number of likely N-dealkylation sites (tertiary alicyclic amines) is 1. The van der Waals surface area contributed by atoms with Crippen LogP contribution < -0.4 is 0 Å². The largest absolute Gasteiger partial charge is 0.379 e. The van der Waals surface area contributed by atoms with Gasteiger partial charge in [0.1, 0.15) is 23.5 Å². The molecule has 1 aromatic heterocycles. The fourth-order valence-electron chi connectivity index (χ4n) is 3.86. The van der Waals surface area contributed by atoms with Crippen LogP contribution in [0.25, 0.3) is 0 Å². The Hall–Kier alpha value is -2.32. The van der Waals surface area contributed by atoms with E-state index < -0.39 is 6.04 Å². The molecule has 1 unspecified atom stereocenters. The summed E-state index contributed by atoms with van der Waals surface area (Å²) in [6, 6.07) is 6.05. The van der Waals surface area contributed by atoms with Gasteiger partial charge in [-0.25, -0.2) is 14.1 Å². The fourth-order valence-corrected chi connectivity index (χ4v) is 3.86. The van der Waals surface area contributed by atoms with Crippen LogP contribution in [-0.2, 0) is 9.53 Å². The van der Waals surface area contributed by atoms with Crippen LogP contribution in [0.2, 0.25) is 0 Å². The van der Waals surface area contributed by atoms with Crippen molar-refractivity contribution in [2.45, 2.75) is 25.9 Å². The van der Waals surface area contributed by atoms with Crippen molar-refractivity contribution in [1.29, 1.82) is 0 Å². The van der Waals surface area contributed by atoms with Crippen LogP contribution in [0.15, 0.2) is 24.3 Å². The number of hydrogen-bond donors (Lipinski definition) is 0. The Morgan fingerprint density at radius 2 is 1.93 bits per heavy atom. The smallest absolute Gasteiger partial charge is 0.244 e. The van der Waals surface area contributed by atoms with Crippen molar-refractivity contribution in [3.8, 4) is 0 Å². The molecule has 2 fully saturated rings. The number of carbonyl (C=O) groups is 1. The topological polar surface area (TPSA) is 63.5 Å². The Balaban J connectivity index is 1.53. The van der Waals surface area contributed by atoms with Crippen LogP contribution in [0.4, 0.5) is 4.39 Å². The van der Waals surface area contributed by atoms with Crippen molar-refractivity contribution in [2.24, 2.45) is 0 Å². The predicted molar refractivity (Wildman–Crippen MR) is 96.6 cm³/mol. The Morgan fingerprint density at radius 1 is 1.22 bits per heavy atom. The van der Waals surface area contributed by atoms with Crippen molar-refractivity contribution >= 4 is 5.91 Å². The van der Waals surface area contributed by atoms with E-state index in [1.54, 1.807) is 23.1 Å². The van der Waals surface area contributed by atoms with Gasteiger partial charge in [0.05, 0.1) is 19.3 Å². The highest BCUT2D eigenvalue weighted by Crippen LogP contribution is 2.31. The summed E-state index contributed by atoms with van der Waals surface area (Å²) in [5, 5.41) is 4.41. The number of ether oxygens (including phenoxy) is 1. The Morgan fingerprint density at radius 3 is 2.56 bits per heavy atom. The maximum atomic E-state index is 14.5. The lowest BCUT2D eigenvalue weighted by Crippen LogP contribution is -2.56. The van der Waals surface area contributed by atoms with E-state index in [0.29, 0.717) is 45.0 Å². The van der Waals surface area contributed by atoms with Crippen LogP contribution in [0.5, 0.6) is 0 Å². The molecule has 0 spiro atoms. The van der Waals surface area contributed by atoms with E-state index in [2.05, 4.69) is 10.1 Å². The average molecular weight is 373 g/mol. The third-order valence-electron chi connectivity index (χ3n) is 5.27. The molecule has 2 saturated heterocycles. The minimum absolute atomic E-state index is 0.0623. The minimum atomic E-state index is -0.616. The maximum Gasteiger partial charge on any atom is 0.244 e. The first-order chi connectivity index (χ1) is 13.0. The van der Waals surface area contributed by atoms with Gasteiger partial charge in [-0.1, -0.05) is 18.2 Å². The van der Waals surface area contributed by atoms with E-state index >= 15 is 0 Å². The molecule has 2 aliphatic heterocycles. The van der Waals surface area contributed by atoms with Gasteiger partial charge < -0.3 is 9.64 Å². The van der Waals surface area contributed by atoms with Crippen molar-refractivity contribution in [3.63, 3.8) is 0 Å². The number of benzene rings is 1. The quantitative estimate of drug-likeness (QED) is 0.813. The van der Waals surface area contributed by atoms with E-state index in [1.807, 2.05) is 23.4 Å². The van der Waals surface area contributed by atoms with Gasteiger partial charge in [-0.3, -0.25) is 9.69 Å². The Bertz CT molecular complexity index is 827. The number of halogens is 1. The summed E-state index contributed by atoms with van der Waals surface area (Å²) < 4.78 is 21.8. The van der Waals surface area contributed by atoms with Crippen molar-refractivity contribution in [3.05, 3.63) is 47.3 Å². The van der Waals surface area contributed by atoms with E-state index in [-0.39, 0.29) is 17.8 Å². The molecular formula is C19H24FN5O2. The first-order valence-electron chi connectivity index (χ1n) is 9.29. The predicted octanol–water partition coefficient (Wildman–Crippen LogP) is 1.49. The highest BCUT2D eigenvalue weighted by Gasteiger charge is 2.40. The molecule has 1 amide bonds. The standard InChI is InChI=1S/C19H24FN5O2/c1-13-21-14(2)25(22-13)15-11-24(12-15)19(26)18(23-7-9-27-10-8-23)16-5-3-4-6-17(16)20/h3-6,15,18H,7-12H2,1-2H3. The molecule has 7 nitrogen and oxygen atoms in total. The maximum absolute atomic E-state index is 14.5. The second-order valence-corrected chi connectivity index (χ2v) is 7.12. The Labute approximate surface area is 157 Å². The second kappa shape index (κ2) is 7.36. The zero-order valence-corrected chi connectivity index (χ0v) is 15.6. The van der Waals surface area contributed by atoms with Gasteiger partial charge >= 0.3 is 0 Å². The van der Waals surface area contributed by atoms with Gasteiger partial charge in [-0.05, 0) is 19.9 Å². The van der Waals surface area contributed by atoms with Crippen LogP contribution in [0.1, 0.15) is 29.3 Å². The summed E-state index contributed by atoms with van der Waals surface area (Å²) >= 11 is 0. The van der Waals surface area contributed by atoms with E-state index in [1.165, 1.54) is 6.07 Å². The summed E-state index contributed by atoms with van der Waals surface area (Å²) in [5.74, 6) is 1.17. The number of morpholine rings is 1. The summed E-state index contributed by atoms with van der Waals surface area (Å²) in [4.78, 5) is 21.4. The number of rotatable bonds is 4. The average Bonchev–Trinajstić information content (AvgIpc) is 2.95. The van der Waals surface area contributed by atoms with Gasteiger partial charge in [-0.15, -0.1) is 0 Å². The van der Waals surface area contributed by atoms with Crippen molar-refractivity contribution < 1.29 is 13.9 Å². The molecule has 8 heteroatoms. The van der Waals surface area contributed by atoms with Crippen LogP contribution in [-0.4, -0.2) is 69.9 Å². The zero-order chi connectivity index (χ0) is 19.0. The van der Waals surface area contributed by atoms with Gasteiger partial charge in [0.2, 0.25) is 5.91 Å². The monoisotopic (exact) mass is 373 g/mol. The molecule has 0 bridgehead atoms. The van der Waals surface area contributed by atoms with Gasteiger partial charge in [0.25, 0.3) is 0 Å². The lowest BCUT2D eigenvalue weighted by molar-refractivity contribution is -0.145. The molecule has 0 radical (unpaired) electrons. The summed E-state index contributed by atoms with van der Waals surface area (Å²) in [7, 11) is 0. The molecule has 1 atom stereocenters. The molecule has 2 aromatic rings. The second-order valence-electron chi connectivity index (χ2n) is 7.12. The summed E-state index contributed by atoms with van der Waals surface area (Å²) in [6.07, 6.45) is 0. The molecule has 0 aliphatic carbocycles. The van der Waals surface area contributed by atoms with Crippen molar-refractivity contribution in [2.75, 3.05) is 39.4 Å². The number of nitrogens with zero attached hydrogens (tertiary/aromatic N) is 5. The van der Waals surface area contributed by atoms with Gasteiger partial charge in [0.15, 0.2) is 0 Å². The first-order valence-corrected chi connectivity index (χ1v) is 9.29. The van der Waals surface area contributed by atoms with Crippen LogP contribution >= 0.6 is 0 Å². The first kappa shape index (κ1) is 18.1. The third kappa shape index (κ3) is 3.46. The molecule has 1 aromatic carbocycles. The normalized spacial score (nSPS) is 19.7. The molecule has 27 heavy (non-hydrogen) atoms. The number of aryl methyl sites for hydroxylation is 2. The molecule has 2 aliphatic rings. The third-order valence-corrected chi connectivity index (χ3v) is 5.27. The number of aromatic nitrogens is 3. The summed E-state index contributed by atoms with van der Waals surface area (Å²) in [5.41, 5.74) is 0.431. The van der Waals surface area contributed by atoms with Gasteiger partial charge in [0, 0.05) is 31.7 Å². The van der Waals surface area contributed by atoms with E-state index in [0.717, 1.165) is 11.6 Å². The number of hydrogen-bond acceptors (Lipinski definition) is 5. The lowest BCUT2D eigenvalue weighted by Gasteiger charge is -2.43. The fraction of sp³-hybridized carbons (Fsp3) is 0.526. The zero-order valence-electron chi connectivity index (χ0n) is 15.6. The molecule has 3 heterocycles. The highest BCUT2D eigenvalue weighted by atomic mass is 19.1. The minimum Gasteiger partial charge on any atom is -0.379 e. The highest BCUT2D eigenvalue weighted by molar-refractivity contribution is 5.84.